The second kappa shape index (κ2) is 5.11. The molecule has 18 heavy (non-hydrogen) atoms. The van der Waals surface area contributed by atoms with Gasteiger partial charge in [0.25, 0.3) is 0 Å². The summed E-state index contributed by atoms with van der Waals surface area (Å²) in [6, 6.07) is 1.27. The van der Waals surface area contributed by atoms with E-state index in [1.165, 1.54) is 6.07 Å². The van der Waals surface area contributed by atoms with E-state index in [1.807, 2.05) is 0 Å². The van der Waals surface area contributed by atoms with Crippen molar-refractivity contribution in [3.63, 3.8) is 0 Å². The number of rotatable bonds is 2. The van der Waals surface area contributed by atoms with Gasteiger partial charge in [0.1, 0.15) is 5.82 Å². The standard InChI is InChI=1S/C10H9Cl2FO4S/c11-7-4-8-10(17-3-1-2-16-8)6(9(7)13)5-18(12,14)15/h4H,1-3,5H2. The van der Waals surface area contributed by atoms with Crippen LogP contribution in [-0.4, -0.2) is 21.6 Å². The van der Waals surface area contributed by atoms with Crippen LogP contribution in [-0.2, 0) is 14.8 Å². The van der Waals surface area contributed by atoms with E-state index in [1.54, 1.807) is 0 Å². The van der Waals surface area contributed by atoms with Crippen molar-refractivity contribution in [1.29, 1.82) is 0 Å². The fraction of sp³-hybridized carbons (Fsp3) is 0.400. The van der Waals surface area contributed by atoms with Gasteiger partial charge in [0.2, 0.25) is 9.05 Å². The summed E-state index contributed by atoms with van der Waals surface area (Å²) >= 11 is 5.68. The van der Waals surface area contributed by atoms with Gasteiger partial charge in [-0.15, -0.1) is 0 Å². The molecular formula is C10H9Cl2FO4S. The molecule has 0 N–H and O–H groups in total. The fourth-order valence-electron chi connectivity index (χ4n) is 1.62. The lowest BCUT2D eigenvalue weighted by Gasteiger charge is -2.13. The predicted molar refractivity (Wildman–Crippen MR) is 65.5 cm³/mol. The monoisotopic (exact) mass is 314 g/mol. The Morgan fingerprint density at radius 1 is 1.33 bits per heavy atom. The minimum absolute atomic E-state index is 0.0543. The SMILES string of the molecule is O=S(=O)(Cl)Cc1c(F)c(Cl)cc2c1OCCCO2. The van der Waals surface area contributed by atoms with Gasteiger partial charge in [-0.2, -0.15) is 0 Å². The highest BCUT2D eigenvalue weighted by atomic mass is 35.7. The number of benzene rings is 1. The van der Waals surface area contributed by atoms with Crippen LogP contribution >= 0.6 is 22.3 Å². The smallest absolute Gasteiger partial charge is 0.237 e. The molecule has 2 rings (SSSR count). The van der Waals surface area contributed by atoms with E-state index in [-0.39, 0.29) is 22.1 Å². The summed E-state index contributed by atoms with van der Waals surface area (Å²) in [5, 5.41) is -0.227. The van der Waals surface area contributed by atoms with Crippen molar-refractivity contribution in [2.45, 2.75) is 12.2 Å². The van der Waals surface area contributed by atoms with Crippen LogP contribution in [0.1, 0.15) is 12.0 Å². The molecule has 8 heteroatoms. The Labute approximate surface area is 113 Å². The Hall–Kier alpha value is -0.720. The van der Waals surface area contributed by atoms with Crippen molar-refractivity contribution < 1.29 is 22.3 Å². The Morgan fingerprint density at radius 3 is 2.67 bits per heavy atom. The van der Waals surface area contributed by atoms with Crippen molar-refractivity contribution >= 4 is 31.3 Å². The molecule has 1 aliphatic rings. The summed E-state index contributed by atoms with van der Waals surface area (Å²) in [5.74, 6) is -1.27. The van der Waals surface area contributed by atoms with Gasteiger partial charge in [0.05, 0.1) is 29.6 Å². The number of hydrogen-bond donors (Lipinski definition) is 0. The first kappa shape index (κ1) is 13.7. The summed E-state index contributed by atoms with van der Waals surface area (Å²) in [4.78, 5) is 0. The maximum atomic E-state index is 13.9. The molecule has 1 aliphatic heterocycles. The van der Waals surface area contributed by atoms with Crippen LogP contribution < -0.4 is 9.47 Å². The number of fused-ring (bicyclic) bond motifs is 1. The molecule has 0 radical (unpaired) electrons. The van der Waals surface area contributed by atoms with Gasteiger partial charge >= 0.3 is 0 Å². The zero-order chi connectivity index (χ0) is 13.3. The van der Waals surface area contributed by atoms with E-state index in [0.29, 0.717) is 19.6 Å². The van der Waals surface area contributed by atoms with Crippen molar-refractivity contribution in [3.8, 4) is 11.5 Å². The summed E-state index contributed by atoms with van der Waals surface area (Å²) in [6.45, 7) is 0.700. The molecule has 0 bridgehead atoms. The summed E-state index contributed by atoms with van der Waals surface area (Å²) in [6.07, 6.45) is 0.612. The van der Waals surface area contributed by atoms with Crippen LogP contribution in [0.2, 0.25) is 5.02 Å². The third kappa shape index (κ3) is 2.99. The first-order valence-electron chi connectivity index (χ1n) is 5.07. The van der Waals surface area contributed by atoms with Crippen LogP contribution in [0.3, 0.4) is 0 Å². The van der Waals surface area contributed by atoms with Gasteiger partial charge < -0.3 is 9.47 Å². The molecule has 1 aromatic rings. The Morgan fingerprint density at radius 2 is 2.00 bits per heavy atom. The molecule has 0 spiro atoms. The maximum Gasteiger partial charge on any atom is 0.237 e. The summed E-state index contributed by atoms with van der Waals surface area (Å²) in [5.41, 5.74) is -0.200. The molecule has 1 aromatic carbocycles. The second-order valence-corrected chi connectivity index (χ2v) is 6.90. The first-order valence-corrected chi connectivity index (χ1v) is 7.93. The molecule has 0 fully saturated rings. The Kier molecular flexibility index (Phi) is 3.89. The molecule has 0 saturated carbocycles. The van der Waals surface area contributed by atoms with Gasteiger partial charge in [-0.3, -0.25) is 0 Å². The molecule has 100 valence electrons. The van der Waals surface area contributed by atoms with Crippen molar-refractivity contribution in [2.24, 2.45) is 0 Å². The number of halogens is 3. The summed E-state index contributed by atoms with van der Waals surface area (Å²) < 4.78 is 46.7. The average molecular weight is 315 g/mol. The van der Waals surface area contributed by atoms with Gasteiger partial charge in [0, 0.05) is 23.2 Å². The highest BCUT2D eigenvalue weighted by molar-refractivity contribution is 8.13. The van der Waals surface area contributed by atoms with Crippen LogP contribution in [0.4, 0.5) is 4.39 Å². The highest BCUT2D eigenvalue weighted by Gasteiger charge is 2.25. The van der Waals surface area contributed by atoms with Gasteiger partial charge in [-0.05, 0) is 0 Å². The normalized spacial score (nSPS) is 15.3. The van der Waals surface area contributed by atoms with Crippen LogP contribution in [0.25, 0.3) is 0 Å². The van der Waals surface area contributed by atoms with Crippen molar-refractivity contribution in [1.82, 2.24) is 0 Å². The third-order valence-electron chi connectivity index (χ3n) is 2.34. The van der Waals surface area contributed by atoms with E-state index in [4.69, 9.17) is 31.8 Å². The van der Waals surface area contributed by atoms with Gasteiger partial charge in [0.15, 0.2) is 11.5 Å². The molecule has 0 unspecified atom stereocenters. The molecular weight excluding hydrogens is 306 g/mol. The van der Waals surface area contributed by atoms with Crippen molar-refractivity contribution in [2.75, 3.05) is 13.2 Å². The Balaban J connectivity index is 2.58. The van der Waals surface area contributed by atoms with Crippen LogP contribution in [0.5, 0.6) is 11.5 Å². The van der Waals surface area contributed by atoms with E-state index in [0.717, 1.165) is 0 Å². The van der Waals surface area contributed by atoms with Gasteiger partial charge in [-0.25, -0.2) is 12.8 Å². The minimum Gasteiger partial charge on any atom is -0.489 e. The molecule has 1 heterocycles. The third-order valence-corrected chi connectivity index (χ3v) is 3.58. The minimum atomic E-state index is -3.92. The molecule has 0 amide bonds. The van der Waals surface area contributed by atoms with Gasteiger partial charge in [-0.1, -0.05) is 11.6 Å². The number of hydrogen-bond acceptors (Lipinski definition) is 4. The predicted octanol–water partition coefficient (Wildman–Crippen LogP) is 2.71. The van der Waals surface area contributed by atoms with E-state index >= 15 is 0 Å². The Bertz CT molecular complexity index is 574. The lowest BCUT2D eigenvalue weighted by atomic mass is 10.2. The molecule has 0 saturated heterocycles. The van der Waals surface area contributed by atoms with E-state index < -0.39 is 20.6 Å². The van der Waals surface area contributed by atoms with E-state index in [2.05, 4.69) is 0 Å². The summed E-state index contributed by atoms with van der Waals surface area (Å²) in [7, 11) is 1.22. The maximum absolute atomic E-state index is 13.9. The van der Waals surface area contributed by atoms with Crippen LogP contribution in [0, 0.1) is 5.82 Å². The average Bonchev–Trinajstić information content (AvgIpc) is 2.48. The zero-order valence-electron chi connectivity index (χ0n) is 9.08. The largest absolute Gasteiger partial charge is 0.489 e. The molecule has 0 aromatic heterocycles. The highest BCUT2D eigenvalue weighted by Crippen LogP contribution is 2.40. The quantitative estimate of drug-likeness (QED) is 0.788. The lowest BCUT2D eigenvalue weighted by Crippen LogP contribution is -2.04. The fourth-order valence-corrected chi connectivity index (χ4v) is 2.76. The lowest BCUT2D eigenvalue weighted by molar-refractivity contribution is 0.296. The first-order chi connectivity index (χ1) is 8.38. The molecule has 4 nitrogen and oxygen atoms in total. The molecule has 0 atom stereocenters. The topological polar surface area (TPSA) is 52.6 Å². The van der Waals surface area contributed by atoms with Crippen LogP contribution in [0.15, 0.2) is 6.07 Å². The molecule has 0 aliphatic carbocycles. The number of ether oxygens (including phenoxy) is 2. The second-order valence-electron chi connectivity index (χ2n) is 3.71. The zero-order valence-corrected chi connectivity index (χ0v) is 11.4. The van der Waals surface area contributed by atoms with E-state index in [9.17, 15) is 12.8 Å². The van der Waals surface area contributed by atoms with Crippen molar-refractivity contribution in [3.05, 3.63) is 22.5 Å².